The van der Waals surface area contributed by atoms with Crippen molar-refractivity contribution in [1.82, 2.24) is 5.32 Å². The second-order valence-electron chi connectivity index (χ2n) is 5.98. The third-order valence-corrected chi connectivity index (χ3v) is 3.92. The Hall–Kier alpha value is -0.0800. The zero-order valence-corrected chi connectivity index (χ0v) is 11.7. The van der Waals surface area contributed by atoms with Crippen molar-refractivity contribution in [3.8, 4) is 0 Å². The molecule has 2 heteroatoms. The minimum atomic E-state index is 0.0934. The van der Waals surface area contributed by atoms with Crippen LogP contribution < -0.4 is 5.32 Å². The molecule has 0 aromatic rings. The Bertz CT molecular complexity index is 201. The van der Waals surface area contributed by atoms with Crippen molar-refractivity contribution >= 4 is 0 Å². The van der Waals surface area contributed by atoms with E-state index in [1.54, 1.807) is 0 Å². The van der Waals surface area contributed by atoms with Crippen LogP contribution in [0, 0.1) is 11.8 Å². The number of hydrogen-bond donors (Lipinski definition) is 1. The highest BCUT2D eigenvalue weighted by Crippen LogP contribution is 2.36. The second kappa shape index (κ2) is 6.02. The molecule has 0 amide bonds. The predicted octanol–water partition coefficient (Wildman–Crippen LogP) is 3.22. The first-order valence-electron chi connectivity index (χ1n) is 6.81. The molecule has 16 heavy (non-hydrogen) atoms. The molecule has 2 nitrogen and oxygen atoms in total. The molecule has 1 saturated carbocycles. The highest BCUT2D eigenvalue weighted by atomic mass is 16.5. The first kappa shape index (κ1) is 14.0. The summed E-state index contributed by atoms with van der Waals surface area (Å²) in [4.78, 5) is 0. The summed E-state index contributed by atoms with van der Waals surface area (Å²) in [6.45, 7) is 10.0. The lowest BCUT2D eigenvalue weighted by molar-refractivity contribution is -0.126. The third kappa shape index (κ3) is 3.74. The van der Waals surface area contributed by atoms with Gasteiger partial charge in [-0.15, -0.1) is 0 Å². The van der Waals surface area contributed by atoms with Gasteiger partial charge in [0.05, 0.1) is 11.7 Å². The van der Waals surface area contributed by atoms with Crippen molar-refractivity contribution in [3.63, 3.8) is 0 Å². The van der Waals surface area contributed by atoms with Gasteiger partial charge in [0, 0.05) is 6.54 Å². The Labute approximate surface area is 101 Å². The number of rotatable bonds is 5. The summed E-state index contributed by atoms with van der Waals surface area (Å²) in [5, 5.41) is 3.32. The van der Waals surface area contributed by atoms with Crippen LogP contribution in [-0.4, -0.2) is 25.3 Å². The van der Waals surface area contributed by atoms with Crippen molar-refractivity contribution in [2.45, 2.75) is 65.1 Å². The van der Waals surface area contributed by atoms with Crippen molar-refractivity contribution < 1.29 is 4.74 Å². The molecule has 0 aliphatic heterocycles. The smallest absolute Gasteiger partial charge is 0.0812 e. The van der Waals surface area contributed by atoms with Gasteiger partial charge in [0.25, 0.3) is 0 Å². The summed E-state index contributed by atoms with van der Waals surface area (Å²) in [5.41, 5.74) is 0.0934. The maximum atomic E-state index is 6.39. The fourth-order valence-corrected chi connectivity index (χ4v) is 2.77. The summed E-state index contributed by atoms with van der Waals surface area (Å²) in [6.07, 6.45) is 5.47. The molecule has 0 heterocycles. The van der Waals surface area contributed by atoms with Crippen LogP contribution in [0.1, 0.15) is 53.4 Å². The molecule has 0 aromatic heterocycles. The van der Waals surface area contributed by atoms with Gasteiger partial charge in [-0.1, -0.05) is 33.6 Å². The van der Waals surface area contributed by atoms with Crippen LogP contribution in [0.25, 0.3) is 0 Å². The standard InChI is InChI=1S/C14H29NO/c1-11(2)13(4)16-14(10-15-5)8-6-7-12(3)9-14/h11-13,15H,6-10H2,1-5H3. The molecule has 96 valence electrons. The zero-order valence-electron chi connectivity index (χ0n) is 11.7. The summed E-state index contributed by atoms with van der Waals surface area (Å²) >= 11 is 0. The molecule has 0 spiro atoms. The molecule has 1 N–H and O–H groups in total. The summed E-state index contributed by atoms with van der Waals surface area (Å²) in [7, 11) is 2.03. The number of hydrogen-bond acceptors (Lipinski definition) is 2. The van der Waals surface area contributed by atoms with Gasteiger partial charge < -0.3 is 10.1 Å². The minimum absolute atomic E-state index is 0.0934. The van der Waals surface area contributed by atoms with Gasteiger partial charge in [0.1, 0.15) is 0 Å². The van der Waals surface area contributed by atoms with Gasteiger partial charge in [-0.2, -0.15) is 0 Å². The molecule has 3 atom stereocenters. The third-order valence-electron chi connectivity index (χ3n) is 3.92. The van der Waals surface area contributed by atoms with E-state index >= 15 is 0 Å². The highest BCUT2D eigenvalue weighted by molar-refractivity contribution is 4.89. The number of likely N-dealkylation sites (N-methyl/N-ethyl adjacent to an activating group) is 1. The van der Waals surface area contributed by atoms with Crippen LogP contribution in [0.15, 0.2) is 0 Å². The average molecular weight is 227 g/mol. The normalized spacial score (nSPS) is 33.0. The van der Waals surface area contributed by atoms with Gasteiger partial charge in [-0.05, 0) is 38.6 Å². The molecule has 0 aromatic carbocycles. The van der Waals surface area contributed by atoms with E-state index in [2.05, 4.69) is 33.0 Å². The maximum Gasteiger partial charge on any atom is 0.0812 e. The van der Waals surface area contributed by atoms with E-state index in [1.165, 1.54) is 25.7 Å². The molecule has 1 aliphatic rings. The van der Waals surface area contributed by atoms with Crippen molar-refractivity contribution in [2.24, 2.45) is 11.8 Å². The zero-order chi connectivity index (χ0) is 12.2. The van der Waals surface area contributed by atoms with Crippen molar-refractivity contribution in [2.75, 3.05) is 13.6 Å². The topological polar surface area (TPSA) is 21.3 Å². The van der Waals surface area contributed by atoms with Crippen LogP contribution in [0.4, 0.5) is 0 Å². The quantitative estimate of drug-likeness (QED) is 0.778. The Morgan fingerprint density at radius 3 is 2.56 bits per heavy atom. The monoisotopic (exact) mass is 227 g/mol. The molecule has 1 rings (SSSR count). The molecule has 3 unspecified atom stereocenters. The predicted molar refractivity (Wildman–Crippen MR) is 69.7 cm³/mol. The Kier molecular flexibility index (Phi) is 5.26. The van der Waals surface area contributed by atoms with Gasteiger partial charge in [0.2, 0.25) is 0 Å². The van der Waals surface area contributed by atoms with Gasteiger partial charge in [-0.3, -0.25) is 0 Å². The Morgan fingerprint density at radius 2 is 2.06 bits per heavy atom. The van der Waals surface area contributed by atoms with Crippen LogP contribution in [0.5, 0.6) is 0 Å². The minimum Gasteiger partial charge on any atom is -0.370 e. The molecule has 1 aliphatic carbocycles. The van der Waals surface area contributed by atoms with Crippen LogP contribution in [0.2, 0.25) is 0 Å². The lowest BCUT2D eigenvalue weighted by Crippen LogP contribution is -2.48. The number of nitrogens with one attached hydrogen (secondary N) is 1. The summed E-state index contributed by atoms with van der Waals surface area (Å²) in [5.74, 6) is 1.41. The molecular formula is C14H29NO. The molecule has 0 radical (unpaired) electrons. The van der Waals surface area contributed by atoms with E-state index in [1.807, 2.05) is 7.05 Å². The molecule has 0 bridgehead atoms. The summed E-state index contributed by atoms with van der Waals surface area (Å²) in [6, 6.07) is 0. The van der Waals surface area contributed by atoms with Gasteiger partial charge >= 0.3 is 0 Å². The fraction of sp³-hybridized carbons (Fsp3) is 1.00. The van der Waals surface area contributed by atoms with Crippen LogP contribution in [-0.2, 0) is 4.74 Å². The highest BCUT2D eigenvalue weighted by Gasteiger charge is 2.37. The van der Waals surface area contributed by atoms with E-state index in [0.29, 0.717) is 12.0 Å². The van der Waals surface area contributed by atoms with Crippen LogP contribution in [0.3, 0.4) is 0 Å². The maximum absolute atomic E-state index is 6.39. The lowest BCUT2D eigenvalue weighted by Gasteiger charge is -2.42. The fourth-order valence-electron chi connectivity index (χ4n) is 2.77. The molecule has 0 saturated heterocycles. The lowest BCUT2D eigenvalue weighted by atomic mass is 9.78. The SMILES string of the molecule is CNCC1(OC(C)C(C)C)CCCC(C)C1. The van der Waals surface area contributed by atoms with Crippen molar-refractivity contribution in [1.29, 1.82) is 0 Å². The Morgan fingerprint density at radius 1 is 1.38 bits per heavy atom. The van der Waals surface area contributed by atoms with Crippen molar-refractivity contribution in [3.05, 3.63) is 0 Å². The number of ether oxygens (including phenoxy) is 1. The van der Waals surface area contributed by atoms with E-state index in [0.717, 1.165) is 12.5 Å². The molecule has 1 fully saturated rings. The average Bonchev–Trinajstić information content (AvgIpc) is 2.17. The first-order chi connectivity index (χ1) is 7.49. The van der Waals surface area contributed by atoms with Gasteiger partial charge in [-0.25, -0.2) is 0 Å². The Balaban J connectivity index is 2.63. The van der Waals surface area contributed by atoms with E-state index < -0.39 is 0 Å². The first-order valence-corrected chi connectivity index (χ1v) is 6.81. The van der Waals surface area contributed by atoms with Crippen LogP contribution >= 0.6 is 0 Å². The largest absolute Gasteiger partial charge is 0.370 e. The second-order valence-corrected chi connectivity index (χ2v) is 5.98. The molecular weight excluding hydrogens is 198 g/mol. The van der Waals surface area contributed by atoms with E-state index in [-0.39, 0.29) is 5.60 Å². The van der Waals surface area contributed by atoms with E-state index in [4.69, 9.17) is 4.74 Å². The van der Waals surface area contributed by atoms with Gasteiger partial charge in [0.15, 0.2) is 0 Å². The van der Waals surface area contributed by atoms with E-state index in [9.17, 15) is 0 Å². The summed E-state index contributed by atoms with van der Waals surface area (Å²) < 4.78 is 6.39.